The molecule has 186 valence electrons. The van der Waals surface area contributed by atoms with Crippen LogP contribution in [0.3, 0.4) is 0 Å². The largest absolute Gasteiger partial charge is 0.472 e. The maximum Gasteiger partial charge on any atom is 0.259 e. The molecule has 0 fully saturated rings. The summed E-state index contributed by atoms with van der Waals surface area (Å²) in [5.41, 5.74) is 2.54. The molecule has 3 atom stereocenters. The molecule has 9 heteroatoms. The first-order valence-corrected chi connectivity index (χ1v) is 11.9. The molecular formula is C27H30N6O3. The lowest BCUT2D eigenvalue weighted by Crippen LogP contribution is -2.49. The fraction of sp³-hybridized carbons (Fsp3) is 0.370. The summed E-state index contributed by atoms with van der Waals surface area (Å²) in [7, 11) is 2.01. The monoisotopic (exact) mass is 486 g/mol. The van der Waals surface area contributed by atoms with E-state index in [1.807, 2.05) is 39.1 Å². The van der Waals surface area contributed by atoms with Gasteiger partial charge < -0.3 is 14.7 Å². The van der Waals surface area contributed by atoms with E-state index in [4.69, 9.17) is 4.74 Å². The van der Waals surface area contributed by atoms with Crippen molar-refractivity contribution >= 4 is 5.91 Å². The first-order valence-electron chi connectivity index (χ1n) is 11.9. The van der Waals surface area contributed by atoms with Crippen molar-refractivity contribution in [3.05, 3.63) is 77.8 Å². The molecule has 9 nitrogen and oxygen atoms in total. The van der Waals surface area contributed by atoms with E-state index in [9.17, 15) is 9.90 Å². The molecule has 1 N–H and O–H groups in total. The van der Waals surface area contributed by atoms with Crippen LogP contribution < -0.4 is 4.74 Å². The van der Waals surface area contributed by atoms with E-state index in [-0.39, 0.29) is 36.5 Å². The van der Waals surface area contributed by atoms with Crippen LogP contribution in [-0.4, -0.2) is 79.6 Å². The first kappa shape index (κ1) is 25.2. The number of pyridine rings is 2. The van der Waals surface area contributed by atoms with Crippen LogP contribution in [0.4, 0.5) is 0 Å². The van der Waals surface area contributed by atoms with Crippen molar-refractivity contribution < 1.29 is 14.6 Å². The van der Waals surface area contributed by atoms with Crippen molar-refractivity contribution in [1.29, 1.82) is 0 Å². The number of carbonyl (C=O) groups excluding carboxylic acids is 1. The van der Waals surface area contributed by atoms with Gasteiger partial charge in [-0.25, -0.2) is 19.9 Å². The molecule has 3 aromatic heterocycles. The Morgan fingerprint density at radius 3 is 2.75 bits per heavy atom. The molecular weight excluding hydrogens is 456 g/mol. The predicted octanol–water partition coefficient (Wildman–Crippen LogP) is 2.02. The van der Waals surface area contributed by atoms with Crippen LogP contribution in [0.25, 0.3) is 0 Å². The van der Waals surface area contributed by atoms with E-state index in [1.54, 1.807) is 35.8 Å². The predicted molar refractivity (Wildman–Crippen MR) is 134 cm³/mol. The third kappa shape index (κ3) is 6.22. The first-order chi connectivity index (χ1) is 17.4. The summed E-state index contributed by atoms with van der Waals surface area (Å²) < 4.78 is 6.35. The molecule has 1 aliphatic heterocycles. The summed E-state index contributed by atoms with van der Waals surface area (Å²) in [6, 6.07) is 6.86. The lowest BCUT2D eigenvalue weighted by Gasteiger charge is -2.37. The van der Waals surface area contributed by atoms with Crippen molar-refractivity contribution in [2.45, 2.75) is 32.5 Å². The molecule has 0 saturated heterocycles. The Labute approximate surface area is 211 Å². The standard InChI is InChI=1S/C27H30N6O3/c1-19-14-33(20(2)17-34)27(35)24-10-21(7-8-23-6-4-5-9-30-23)13-31-26(24)36-25(19)16-32(3)15-22-11-28-18-29-12-22/h4-6,9-13,18-20,25,34H,14-17H2,1-3H3/t19-,20-,25+/m1/s1. The number of aromatic nitrogens is 4. The van der Waals surface area contributed by atoms with Gasteiger partial charge in [-0.2, -0.15) is 0 Å². The summed E-state index contributed by atoms with van der Waals surface area (Å²) in [5, 5.41) is 9.85. The molecule has 0 radical (unpaired) electrons. The molecule has 0 saturated carbocycles. The summed E-state index contributed by atoms with van der Waals surface area (Å²) in [4.78, 5) is 34.2. The van der Waals surface area contributed by atoms with Gasteiger partial charge in [0.1, 0.15) is 23.7 Å². The Hall–Kier alpha value is -3.87. The van der Waals surface area contributed by atoms with Crippen molar-refractivity contribution in [3.8, 4) is 17.7 Å². The Morgan fingerprint density at radius 1 is 1.22 bits per heavy atom. The minimum atomic E-state index is -0.353. The molecule has 4 heterocycles. The van der Waals surface area contributed by atoms with E-state index < -0.39 is 0 Å². The van der Waals surface area contributed by atoms with Crippen LogP contribution in [0.2, 0.25) is 0 Å². The van der Waals surface area contributed by atoms with Gasteiger partial charge in [-0.3, -0.25) is 9.69 Å². The minimum Gasteiger partial charge on any atom is -0.472 e. The molecule has 0 unspecified atom stereocenters. The highest BCUT2D eigenvalue weighted by Crippen LogP contribution is 2.27. The molecule has 1 amide bonds. The number of rotatable bonds is 6. The minimum absolute atomic E-state index is 0.00371. The molecule has 0 spiro atoms. The Bertz CT molecular complexity index is 1230. The number of hydrogen-bond donors (Lipinski definition) is 1. The SMILES string of the molecule is C[C@@H]1CN([C@H](C)CO)C(=O)c2cc(C#Cc3ccccn3)cnc2O[C@H]1CN(C)Cc1cncnc1. The van der Waals surface area contributed by atoms with Crippen LogP contribution in [0.1, 0.15) is 41.0 Å². The third-order valence-corrected chi connectivity index (χ3v) is 6.08. The van der Waals surface area contributed by atoms with Crippen LogP contribution in [0.5, 0.6) is 5.88 Å². The summed E-state index contributed by atoms with van der Waals surface area (Å²) in [6.45, 7) is 5.45. The molecule has 0 aliphatic carbocycles. The highest BCUT2D eigenvalue weighted by molar-refractivity contribution is 5.97. The highest BCUT2D eigenvalue weighted by Gasteiger charge is 2.34. The molecule has 3 aromatic rings. The second-order valence-corrected chi connectivity index (χ2v) is 9.11. The average molecular weight is 487 g/mol. The van der Waals surface area contributed by atoms with Crippen LogP contribution in [0, 0.1) is 17.8 Å². The van der Waals surface area contributed by atoms with Gasteiger partial charge in [0.25, 0.3) is 5.91 Å². The lowest BCUT2D eigenvalue weighted by atomic mass is 9.99. The van der Waals surface area contributed by atoms with E-state index in [0.717, 1.165) is 5.56 Å². The number of aliphatic hydroxyl groups excluding tert-OH is 1. The number of amides is 1. The molecule has 0 bridgehead atoms. The van der Waals surface area contributed by atoms with E-state index >= 15 is 0 Å². The van der Waals surface area contributed by atoms with Crippen molar-refractivity contribution in [3.63, 3.8) is 0 Å². The van der Waals surface area contributed by atoms with Crippen molar-refractivity contribution in [2.24, 2.45) is 5.92 Å². The number of hydrogen-bond acceptors (Lipinski definition) is 8. The van der Waals surface area contributed by atoms with Gasteiger partial charge in [-0.1, -0.05) is 18.9 Å². The quantitative estimate of drug-likeness (QED) is 0.528. The van der Waals surface area contributed by atoms with Gasteiger partial charge in [0.05, 0.1) is 12.6 Å². The molecule has 0 aromatic carbocycles. The summed E-state index contributed by atoms with van der Waals surface area (Å²) >= 11 is 0. The molecule has 4 rings (SSSR count). The van der Waals surface area contributed by atoms with E-state index in [0.29, 0.717) is 36.5 Å². The fourth-order valence-electron chi connectivity index (χ4n) is 4.06. The fourth-order valence-corrected chi connectivity index (χ4v) is 4.06. The maximum absolute atomic E-state index is 13.5. The second kappa shape index (κ2) is 11.7. The van der Waals surface area contributed by atoms with Crippen LogP contribution in [0.15, 0.2) is 55.4 Å². The lowest BCUT2D eigenvalue weighted by molar-refractivity contribution is 0.0325. The topological polar surface area (TPSA) is 105 Å². The number of ether oxygens (including phenoxy) is 1. The Balaban J connectivity index is 1.63. The number of likely N-dealkylation sites (N-methyl/N-ethyl adjacent to an activating group) is 1. The van der Waals surface area contributed by atoms with Gasteiger partial charge >= 0.3 is 0 Å². The second-order valence-electron chi connectivity index (χ2n) is 9.11. The molecule has 1 aliphatic rings. The average Bonchev–Trinajstić information content (AvgIpc) is 2.90. The zero-order valence-electron chi connectivity index (χ0n) is 20.7. The van der Waals surface area contributed by atoms with E-state index in [2.05, 4.69) is 36.7 Å². The maximum atomic E-state index is 13.5. The van der Waals surface area contributed by atoms with Crippen LogP contribution in [-0.2, 0) is 6.54 Å². The zero-order chi connectivity index (χ0) is 25.5. The van der Waals surface area contributed by atoms with Gasteiger partial charge in [0.15, 0.2) is 0 Å². The van der Waals surface area contributed by atoms with Crippen LogP contribution >= 0.6 is 0 Å². The summed E-state index contributed by atoms with van der Waals surface area (Å²) in [6.07, 6.45) is 8.14. The third-order valence-electron chi connectivity index (χ3n) is 6.08. The van der Waals surface area contributed by atoms with Gasteiger partial charge in [0.2, 0.25) is 5.88 Å². The highest BCUT2D eigenvalue weighted by atomic mass is 16.5. The van der Waals surface area contributed by atoms with Gasteiger partial charge in [0, 0.05) is 61.5 Å². The Morgan fingerprint density at radius 2 is 2.03 bits per heavy atom. The number of nitrogens with zero attached hydrogens (tertiary/aromatic N) is 6. The summed E-state index contributed by atoms with van der Waals surface area (Å²) in [5.74, 6) is 6.06. The smallest absolute Gasteiger partial charge is 0.259 e. The Kier molecular flexibility index (Phi) is 8.21. The zero-order valence-corrected chi connectivity index (χ0v) is 20.7. The van der Waals surface area contributed by atoms with Gasteiger partial charge in [-0.05, 0) is 38.1 Å². The number of carbonyl (C=O) groups is 1. The number of fused-ring (bicyclic) bond motifs is 1. The van der Waals surface area contributed by atoms with Crippen molar-refractivity contribution in [2.75, 3.05) is 26.7 Å². The normalized spacial score (nSPS) is 18.4. The molecule has 36 heavy (non-hydrogen) atoms. The van der Waals surface area contributed by atoms with Crippen molar-refractivity contribution in [1.82, 2.24) is 29.7 Å². The number of aliphatic hydroxyl groups is 1. The van der Waals surface area contributed by atoms with Gasteiger partial charge in [-0.15, -0.1) is 0 Å². The van der Waals surface area contributed by atoms with E-state index in [1.165, 1.54) is 6.33 Å².